The maximum atomic E-state index is 11.1. The van der Waals surface area contributed by atoms with Gasteiger partial charge >= 0.3 is 0 Å². The Labute approximate surface area is 150 Å². The highest BCUT2D eigenvalue weighted by atomic mass is 16.5. The molecule has 0 aromatic heterocycles. The molecule has 25 heavy (non-hydrogen) atoms. The Hall–Kier alpha value is -2.08. The minimum atomic E-state index is -0.410. The van der Waals surface area contributed by atoms with Crippen LogP contribution in [0.2, 0.25) is 0 Å². The first-order valence-electron chi connectivity index (χ1n) is 8.98. The molecule has 6 nitrogen and oxygen atoms in total. The van der Waals surface area contributed by atoms with Gasteiger partial charge in [-0.15, -0.1) is 0 Å². The van der Waals surface area contributed by atoms with Gasteiger partial charge in [-0.2, -0.15) is 0 Å². The van der Waals surface area contributed by atoms with E-state index in [0.717, 1.165) is 37.6 Å². The normalized spacial score (nSPS) is 16.2. The standard InChI is InChI=1S/C19H30N4O2/c1-3-21-18(23-14-19(9-4-10-19)11-12-25-2)22-13-15-5-7-16(8-6-15)17(20)24/h5-8H,3-4,9-14H2,1-2H3,(H2,20,24)(H2,21,22,23). The van der Waals surface area contributed by atoms with Gasteiger partial charge in [0, 0.05) is 32.4 Å². The Balaban J connectivity index is 1.92. The highest BCUT2D eigenvalue weighted by molar-refractivity contribution is 5.92. The third-order valence-electron chi connectivity index (χ3n) is 4.88. The average Bonchev–Trinajstić information content (AvgIpc) is 2.58. The number of hydrogen-bond donors (Lipinski definition) is 3. The molecule has 138 valence electrons. The van der Waals surface area contributed by atoms with Gasteiger partial charge in [0.25, 0.3) is 0 Å². The van der Waals surface area contributed by atoms with Gasteiger partial charge in [0.15, 0.2) is 5.96 Å². The predicted octanol–water partition coefficient (Wildman–Crippen LogP) is 2.05. The molecule has 6 heteroatoms. The summed E-state index contributed by atoms with van der Waals surface area (Å²) in [6, 6.07) is 7.25. The zero-order valence-electron chi connectivity index (χ0n) is 15.3. The lowest BCUT2D eigenvalue weighted by Crippen LogP contribution is -2.46. The number of rotatable bonds is 9. The quantitative estimate of drug-likeness (QED) is 0.472. The number of hydrogen-bond acceptors (Lipinski definition) is 3. The molecule has 0 atom stereocenters. The van der Waals surface area contributed by atoms with Gasteiger partial charge in [0.1, 0.15) is 0 Å². The molecule has 0 spiro atoms. The zero-order chi connectivity index (χ0) is 18.1. The Morgan fingerprint density at radius 3 is 2.52 bits per heavy atom. The number of nitrogens with two attached hydrogens (primary N) is 1. The summed E-state index contributed by atoms with van der Waals surface area (Å²) in [5.74, 6) is 0.414. The summed E-state index contributed by atoms with van der Waals surface area (Å²) < 4.78 is 5.25. The van der Waals surface area contributed by atoms with Crippen molar-refractivity contribution in [3.63, 3.8) is 0 Å². The topological polar surface area (TPSA) is 88.7 Å². The van der Waals surface area contributed by atoms with Crippen LogP contribution in [0, 0.1) is 5.41 Å². The summed E-state index contributed by atoms with van der Waals surface area (Å²) in [4.78, 5) is 15.8. The van der Waals surface area contributed by atoms with E-state index >= 15 is 0 Å². The van der Waals surface area contributed by atoms with Crippen LogP contribution in [-0.4, -0.2) is 38.7 Å². The molecule has 1 saturated carbocycles. The number of nitrogens with zero attached hydrogens (tertiary/aromatic N) is 1. The third-order valence-corrected chi connectivity index (χ3v) is 4.88. The van der Waals surface area contributed by atoms with Crippen LogP contribution >= 0.6 is 0 Å². The Bertz CT molecular complexity index is 580. The van der Waals surface area contributed by atoms with Crippen LogP contribution in [0.3, 0.4) is 0 Å². The van der Waals surface area contributed by atoms with Crippen LogP contribution in [0.4, 0.5) is 0 Å². The van der Waals surface area contributed by atoms with Crippen molar-refractivity contribution in [2.45, 2.75) is 39.2 Å². The largest absolute Gasteiger partial charge is 0.385 e. The highest BCUT2D eigenvalue weighted by Crippen LogP contribution is 2.43. The molecule has 0 radical (unpaired) electrons. The van der Waals surface area contributed by atoms with E-state index in [1.165, 1.54) is 19.3 Å². The van der Waals surface area contributed by atoms with Gasteiger partial charge in [0.2, 0.25) is 5.91 Å². The number of guanidine groups is 1. The van der Waals surface area contributed by atoms with Gasteiger partial charge in [-0.05, 0) is 49.3 Å². The van der Waals surface area contributed by atoms with E-state index in [1.54, 1.807) is 19.2 Å². The monoisotopic (exact) mass is 346 g/mol. The van der Waals surface area contributed by atoms with Crippen molar-refractivity contribution in [2.24, 2.45) is 16.1 Å². The maximum Gasteiger partial charge on any atom is 0.248 e. The second-order valence-corrected chi connectivity index (χ2v) is 6.71. The van der Waals surface area contributed by atoms with Crippen LogP contribution in [0.25, 0.3) is 0 Å². The van der Waals surface area contributed by atoms with Crippen molar-refractivity contribution >= 4 is 11.9 Å². The van der Waals surface area contributed by atoms with E-state index in [0.29, 0.717) is 17.5 Å². The molecule has 0 aliphatic heterocycles. The number of carbonyl (C=O) groups excluding carboxylic acids is 1. The number of nitrogens with one attached hydrogen (secondary N) is 2. The van der Waals surface area contributed by atoms with Crippen LogP contribution in [0.5, 0.6) is 0 Å². The fraction of sp³-hybridized carbons (Fsp3) is 0.579. The van der Waals surface area contributed by atoms with E-state index in [9.17, 15) is 4.79 Å². The lowest BCUT2D eigenvalue weighted by atomic mass is 9.67. The number of methoxy groups -OCH3 is 1. The number of amides is 1. The van der Waals surface area contributed by atoms with Crippen LogP contribution in [0.1, 0.15) is 48.5 Å². The van der Waals surface area contributed by atoms with Crippen LogP contribution in [0.15, 0.2) is 29.3 Å². The van der Waals surface area contributed by atoms with Gasteiger partial charge in [-0.25, -0.2) is 4.99 Å². The number of ether oxygens (including phenoxy) is 1. The summed E-state index contributed by atoms with van der Waals surface area (Å²) in [5, 5.41) is 6.77. The smallest absolute Gasteiger partial charge is 0.248 e. The molecule has 1 amide bonds. The van der Waals surface area contributed by atoms with Crippen LogP contribution < -0.4 is 16.4 Å². The van der Waals surface area contributed by atoms with Gasteiger partial charge in [-0.3, -0.25) is 4.79 Å². The van der Waals surface area contributed by atoms with E-state index in [1.807, 2.05) is 12.1 Å². The molecule has 0 saturated heterocycles. The fourth-order valence-corrected chi connectivity index (χ4v) is 3.07. The van der Waals surface area contributed by atoms with E-state index in [-0.39, 0.29) is 0 Å². The molecule has 4 N–H and O–H groups in total. The van der Waals surface area contributed by atoms with E-state index in [4.69, 9.17) is 10.5 Å². The summed E-state index contributed by atoms with van der Waals surface area (Å²) in [6.07, 6.45) is 4.88. The first kappa shape index (κ1) is 19.2. The molecule has 1 aromatic carbocycles. The van der Waals surface area contributed by atoms with Crippen molar-refractivity contribution in [2.75, 3.05) is 26.8 Å². The Morgan fingerprint density at radius 2 is 2.00 bits per heavy atom. The molecule has 0 bridgehead atoms. The van der Waals surface area contributed by atoms with Gasteiger partial charge < -0.3 is 21.1 Å². The second-order valence-electron chi connectivity index (χ2n) is 6.71. The minimum absolute atomic E-state index is 0.343. The van der Waals surface area contributed by atoms with Gasteiger partial charge in [0.05, 0.1) is 6.54 Å². The molecule has 2 rings (SSSR count). The average molecular weight is 346 g/mol. The summed E-state index contributed by atoms with van der Waals surface area (Å²) in [7, 11) is 1.76. The lowest BCUT2D eigenvalue weighted by Gasteiger charge is -2.42. The first-order valence-corrected chi connectivity index (χ1v) is 8.98. The number of primary amides is 1. The van der Waals surface area contributed by atoms with Crippen molar-refractivity contribution in [3.8, 4) is 0 Å². The van der Waals surface area contributed by atoms with Gasteiger partial charge in [-0.1, -0.05) is 18.6 Å². The van der Waals surface area contributed by atoms with Crippen LogP contribution in [-0.2, 0) is 11.3 Å². The fourth-order valence-electron chi connectivity index (χ4n) is 3.07. The summed E-state index contributed by atoms with van der Waals surface area (Å²) >= 11 is 0. The molecule has 0 unspecified atom stereocenters. The minimum Gasteiger partial charge on any atom is -0.385 e. The van der Waals surface area contributed by atoms with E-state index in [2.05, 4.69) is 22.5 Å². The summed E-state index contributed by atoms with van der Waals surface area (Å²) in [6.45, 7) is 5.16. The number of carbonyl (C=O) groups is 1. The van der Waals surface area contributed by atoms with E-state index < -0.39 is 5.91 Å². The lowest BCUT2D eigenvalue weighted by molar-refractivity contribution is 0.0732. The van der Waals surface area contributed by atoms with Crippen molar-refractivity contribution in [3.05, 3.63) is 35.4 Å². The maximum absolute atomic E-state index is 11.1. The number of aliphatic imine (C=N–C) groups is 1. The Kier molecular flexibility index (Phi) is 7.25. The Morgan fingerprint density at radius 1 is 1.28 bits per heavy atom. The molecule has 0 heterocycles. The van der Waals surface area contributed by atoms with Crippen molar-refractivity contribution in [1.82, 2.24) is 10.6 Å². The van der Waals surface area contributed by atoms with Crippen molar-refractivity contribution < 1.29 is 9.53 Å². The molecule has 1 aliphatic carbocycles. The zero-order valence-corrected chi connectivity index (χ0v) is 15.3. The molecular formula is C19H30N4O2. The first-order chi connectivity index (χ1) is 12.1. The van der Waals surface area contributed by atoms with Crippen molar-refractivity contribution in [1.29, 1.82) is 0 Å². The molecular weight excluding hydrogens is 316 g/mol. The SMILES string of the molecule is CCNC(=NCc1ccc(C(N)=O)cc1)NCC1(CCOC)CCC1. The highest BCUT2D eigenvalue weighted by Gasteiger charge is 2.36. The number of benzene rings is 1. The predicted molar refractivity (Wildman–Crippen MR) is 101 cm³/mol. The molecule has 1 fully saturated rings. The molecule has 1 aromatic rings. The third kappa shape index (κ3) is 5.74. The molecule has 1 aliphatic rings. The second kappa shape index (κ2) is 9.42. The summed E-state index contributed by atoms with van der Waals surface area (Å²) in [5.41, 5.74) is 7.16.